The van der Waals surface area contributed by atoms with E-state index in [1.807, 2.05) is 0 Å². The zero-order valence-electron chi connectivity index (χ0n) is 11.1. The summed E-state index contributed by atoms with van der Waals surface area (Å²) in [5, 5.41) is 19.6. The molecule has 0 amide bonds. The third kappa shape index (κ3) is 2.43. The van der Waals surface area contributed by atoms with E-state index in [2.05, 4.69) is 0 Å². The molecule has 21 heavy (non-hydrogen) atoms. The van der Waals surface area contributed by atoms with E-state index < -0.39 is 36.0 Å². The summed E-state index contributed by atoms with van der Waals surface area (Å²) in [4.78, 5) is 0. The normalized spacial score (nSPS) is 20.7. The third-order valence-corrected chi connectivity index (χ3v) is 4.72. The maximum Gasteiger partial charge on any atom is 0.397 e. The van der Waals surface area contributed by atoms with Gasteiger partial charge >= 0.3 is 6.18 Å². The molecular formula is C14H15ClF4O2. The summed E-state index contributed by atoms with van der Waals surface area (Å²) in [7, 11) is 0. The molecule has 0 radical (unpaired) electrons. The highest BCUT2D eigenvalue weighted by molar-refractivity contribution is 6.30. The molecule has 2 N–H and O–H groups in total. The highest BCUT2D eigenvalue weighted by Gasteiger charge is 2.69. The Hall–Kier alpha value is -0.850. The molecule has 1 unspecified atom stereocenters. The molecule has 7 heteroatoms. The van der Waals surface area contributed by atoms with Crippen molar-refractivity contribution in [3.05, 3.63) is 34.6 Å². The maximum absolute atomic E-state index is 13.6. The molecule has 0 aromatic heterocycles. The van der Waals surface area contributed by atoms with Crippen LogP contribution in [0.3, 0.4) is 0 Å². The molecule has 1 aromatic rings. The van der Waals surface area contributed by atoms with Crippen LogP contribution in [0.4, 0.5) is 17.6 Å². The molecular weight excluding hydrogens is 312 g/mol. The van der Waals surface area contributed by atoms with Gasteiger partial charge in [-0.1, -0.05) is 24.1 Å². The fraction of sp³-hybridized carbons (Fsp3) is 0.571. The molecule has 2 rings (SSSR count). The van der Waals surface area contributed by atoms with E-state index in [0.29, 0.717) is 6.42 Å². The monoisotopic (exact) mass is 326 g/mol. The van der Waals surface area contributed by atoms with E-state index in [9.17, 15) is 22.7 Å². The van der Waals surface area contributed by atoms with Crippen molar-refractivity contribution in [1.82, 2.24) is 0 Å². The number of aliphatic hydroxyl groups is 2. The van der Waals surface area contributed by atoms with Crippen molar-refractivity contribution in [2.75, 3.05) is 6.61 Å². The van der Waals surface area contributed by atoms with Crippen LogP contribution in [0.1, 0.15) is 31.2 Å². The van der Waals surface area contributed by atoms with Crippen LogP contribution in [0.2, 0.25) is 5.02 Å². The number of benzene rings is 1. The van der Waals surface area contributed by atoms with Crippen LogP contribution in [0.15, 0.2) is 18.2 Å². The van der Waals surface area contributed by atoms with E-state index in [1.165, 1.54) is 6.07 Å². The summed E-state index contributed by atoms with van der Waals surface area (Å²) in [6, 6.07) is 3.09. The SMILES string of the molecule is OCCC(O)(c1ccc(Cl)c(F)c1)C1(C(F)(F)F)CCC1. The fourth-order valence-electron chi connectivity index (χ4n) is 3.04. The van der Waals surface area contributed by atoms with Gasteiger partial charge in [0.2, 0.25) is 0 Å². The minimum Gasteiger partial charge on any atom is -0.396 e. The van der Waals surface area contributed by atoms with Gasteiger partial charge in [0.05, 0.1) is 10.4 Å². The Bertz CT molecular complexity index is 528. The lowest BCUT2D eigenvalue weighted by Gasteiger charge is -2.54. The van der Waals surface area contributed by atoms with Crippen LogP contribution in [-0.4, -0.2) is 23.0 Å². The zero-order valence-corrected chi connectivity index (χ0v) is 11.8. The Balaban J connectivity index is 2.56. The summed E-state index contributed by atoms with van der Waals surface area (Å²) in [6.45, 7) is -0.640. The Morgan fingerprint density at radius 1 is 1.24 bits per heavy atom. The molecule has 118 valence electrons. The summed E-state index contributed by atoms with van der Waals surface area (Å²) in [6.07, 6.45) is -5.35. The number of hydrogen-bond donors (Lipinski definition) is 2. The molecule has 0 bridgehead atoms. The molecule has 1 aromatic carbocycles. The van der Waals surface area contributed by atoms with Crippen molar-refractivity contribution < 1.29 is 27.8 Å². The van der Waals surface area contributed by atoms with Crippen LogP contribution in [0, 0.1) is 11.2 Å². The first-order valence-corrected chi connectivity index (χ1v) is 6.91. The van der Waals surface area contributed by atoms with Crippen molar-refractivity contribution in [1.29, 1.82) is 0 Å². The fourth-order valence-corrected chi connectivity index (χ4v) is 3.15. The minimum absolute atomic E-state index is 0.213. The molecule has 1 atom stereocenters. The average Bonchev–Trinajstić information content (AvgIpc) is 2.29. The highest BCUT2D eigenvalue weighted by Crippen LogP contribution is 2.63. The Morgan fingerprint density at radius 2 is 1.86 bits per heavy atom. The van der Waals surface area contributed by atoms with Crippen LogP contribution in [0.5, 0.6) is 0 Å². The Morgan fingerprint density at radius 3 is 2.24 bits per heavy atom. The minimum atomic E-state index is -4.65. The van der Waals surface area contributed by atoms with E-state index in [4.69, 9.17) is 16.7 Å². The molecule has 1 aliphatic carbocycles. The second kappa shape index (κ2) is 5.41. The van der Waals surface area contributed by atoms with Crippen LogP contribution in [0.25, 0.3) is 0 Å². The lowest BCUT2D eigenvalue weighted by molar-refractivity contribution is -0.320. The summed E-state index contributed by atoms with van der Waals surface area (Å²) >= 11 is 5.53. The molecule has 0 spiro atoms. The number of halogens is 5. The predicted octanol–water partition coefficient (Wildman–Crippen LogP) is 3.78. The number of aliphatic hydroxyl groups excluding tert-OH is 1. The largest absolute Gasteiger partial charge is 0.397 e. The molecule has 2 nitrogen and oxygen atoms in total. The van der Waals surface area contributed by atoms with E-state index in [1.54, 1.807) is 0 Å². The summed E-state index contributed by atoms with van der Waals surface area (Å²) in [5.74, 6) is -0.901. The molecule has 0 aliphatic heterocycles. The Labute approximate surface area is 124 Å². The van der Waals surface area contributed by atoms with Gasteiger partial charge in [-0.05, 0) is 30.5 Å². The van der Waals surface area contributed by atoms with Gasteiger partial charge in [-0.3, -0.25) is 0 Å². The molecule has 1 aliphatic rings. The van der Waals surface area contributed by atoms with Gasteiger partial charge in [0.1, 0.15) is 11.4 Å². The van der Waals surface area contributed by atoms with Crippen molar-refractivity contribution in [2.24, 2.45) is 5.41 Å². The maximum atomic E-state index is 13.6. The van der Waals surface area contributed by atoms with E-state index in [0.717, 1.165) is 12.1 Å². The molecule has 0 saturated heterocycles. The number of hydrogen-bond acceptors (Lipinski definition) is 2. The van der Waals surface area contributed by atoms with Gasteiger partial charge in [0, 0.05) is 13.0 Å². The van der Waals surface area contributed by atoms with Gasteiger partial charge in [-0.15, -0.1) is 0 Å². The van der Waals surface area contributed by atoms with Crippen molar-refractivity contribution >= 4 is 11.6 Å². The lowest BCUT2D eigenvalue weighted by Crippen LogP contribution is -2.59. The summed E-state index contributed by atoms with van der Waals surface area (Å²) < 4.78 is 54.0. The van der Waals surface area contributed by atoms with Gasteiger partial charge in [0.15, 0.2) is 0 Å². The topological polar surface area (TPSA) is 40.5 Å². The smallest absolute Gasteiger partial charge is 0.396 e. The van der Waals surface area contributed by atoms with Crippen LogP contribution < -0.4 is 0 Å². The third-order valence-electron chi connectivity index (χ3n) is 4.41. The first-order chi connectivity index (χ1) is 9.68. The van der Waals surface area contributed by atoms with Crippen molar-refractivity contribution in [3.8, 4) is 0 Å². The average molecular weight is 327 g/mol. The van der Waals surface area contributed by atoms with E-state index >= 15 is 0 Å². The number of alkyl halides is 3. The first kappa shape index (κ1) is 16.5. The second-order valence-corrected chi connectivity index (χ2v) is 5.80. The zero-order chi connectivity index (χ0) is 15.9. The number of rotatable bonds is 4. The van der Waals surface area contributed by atoms with Gasteiger partial charge in [-0.2, -0.15) is 13.2 Å². The first-order valence-electron chi connectivity index (χ1n) is 6.53. The molecule has 1 saturated carbocycles. The second-order valence-electron chi connectivity index (χ2n) is 5.40. The van der Waals surface area contributed by atoms with Gasteiger partial charge < -0.3 is 10.2 Å². The van der Waals surface area contributed by atoms with Gasteiger partial charge in [-0.25, -0.2) is 4.39 Å². The quantitative estimate of drug-likeness (QED) is 0.827. The van der Waals surface area contributed by atoms with Crippen molar-refractivity contribution in [2.45, 2.75) is 37.5 Å². The van der Waals surface area contributed by atoms with Crippen LogP contribution in [-0.2, 0) is 5.60 Å². The summed E-state index contributed by atoms with van der Waals surface area (Å²) in [5.41, 5.74) is -4.94. The van der Waals surface area contributed by atoms with Gasteiger partial charge in [0.25, 0.3) is 0 Å². The molecule has 1 fully saturated rings. The highest BCUT2D eigenvalue weighted by atomic mass is 35.5. The van der Waals surface area contributed by atoms with Crippen LogP contribution >= 0.6 is 11.6 Å². The standard InChI is InChI=1S/C14H15ClF4O2/c15-10-3-2-9(8-11(10)16)13(21,6-7-20)12(4-1-5-12)14(17,18)19/h2-3,8,20-21H,1,4-7H2. The lowest BCUT2D eigenvalue weighted by atomic mass is 9.55. The predicted molar refractivity (Wildman–Crippen MR) is 69.3 cm³/mol. The molecule has 0 heterocycles. The van der Waals surface area contributed by atoms with E-state index in [-0.39, 0.29) is 23.4 Å². The Kier molecular flexibility index (Phi) is 4.26. The van der Waals surface area contributed by atoms with Crippen molar-refractivity contribution in [3.63, 3.8) is 0 Å².